The molecule has 6 heteroatoms. The van der Waals surface area contributed by atoms with Crippen LogP contribution in [0.4, 0.5) is 4.39 Å². The van der Waals surface area contributed by atoms with Crippen molar-refractivity contribution in [1.29, 1.82) is 0 Å². The molecular weight excluding hydrogens is 277 g/mol. The predicted octanol–water partition coefficient (Wildman–Crippen LogP) is 2.75. The standard InChI is InChI=1S/C15H10FNO4/c16-10-4-1-8(2-5-10)14-17-11-7-9(13(18)15(19)20)3-6-12(11)21-14/h1-7,13,18H,(H,19,20). The fourth-order valence-electron chi connectivity index (χ4n) is 1.97. The number of fused-ring (bicyclic) bond motifs is 1. The molecule has 1 atom stereocenters. The van der Waals surface area contributed by atoms with Gasteiger partial charge >= 0.3 is 5.97 Å². The number of oxazole rings is 1. The van der Waals surface area contributed by atoms with Gasteiger partial charge in [-0.05, 0) is 42.0 Å². The van der Waals surface area contributed by atoms with Crippen LogP contribution in [-0.4, -0.2) is 21.2 Å². The number of nitrogens with zero attached hydrogens (tertiary/aromatic N) is 1. The number of rotatable bonds is 3. The maximum Gasteiger partial charge on any atom is 0.337 e. The lowest BCUT2D eigenvalue weighted by Gasteiger charge is -2.03. The quantitative estimate of drug-likeness (QED) is 0.773. The molecule has 3 aromatic rings. The molecule has 0 aliphatic heterocycles. The molecule has 5 nitrogen and oxygen atoms in total. The molecule has 3 rings (SSSR count). The summed E-state index contributed by atoms with van der Waals surface area (Å²) in [4.78, 5) is 15.0. The molecule has 0 bridgehead atoms. The van der Waals surface area contributed by atoms with Crippen molar-refractivity contribution in [3.05, 3.63) is 53.8 Å². The monoisotopic (exact) mass is 287 g/mol. The summed E-state index contributed by atoms with van der Waals surface area (Å²) in [6.45, 7) is 0. The number of carbonyl (C=O) groups is 1. The van der Waals surface area contributed by atoms with Gasteiger partial charge in [0, 0.05) is 5.56 Å². The number of halogens is 1. The SMILES string of the molecule is O=C(O)C(O)c1ccc2oc(-c3ccc(F)cc3)nc2c1. The Labute approximate surface area is 118 Å². The van der Waals surface area contributed by atoms with E-state index >= 15 is 0 Å². The van der Waals surface area contributed by atoms with E-state index in [9.17, 15) is 14.3 Å². The first-order valence-electron chi connectivity index (χ1n) is 6.12. The summed E-state index contributed by atoms with van der Waals surface area (Å²) >= 11 is 0. The molecule has 0 radical (unpaired) electrons. The maximum atomic E-state index is 12.9. The van der Waals surface area contributed by atoms with E-state index < -0.39 is 12.1 Å². The second-order valence-corrected chi connectivity index (χ2v) is 4.49. The lowest BCUT2D eigenvalue weighted by molar-refractivity contribution is -0.146. The van der Waals surface area contributed by atoms with Crippen LogP contribution in [0.25, 0.3) is 22.6 Å². The van der Waals surface area contributed by atoms with E-state index in [4.69, 9.17) is 9.52 Å². The van der Waals surface area contributed by atoms with Crippen molar-refractivity contribution in [2.45, 2.75) is 6.10 Å². The number of aliphatic hydroxyl groups is 1. The van der Waals surface area contributed by atoms with E-state index in [1.807, 2.05) is 0 Å². The third kappa shape index (κ3) is 2.48. The Bertz CT molecular complexity index is 810. The first-order valence-corrected chi connectivity index (χ1v) is 6.12. The van der Waals surface area contributed by atoms with Crippen LogP contribution in [0.3, 0.4) is 0 Å². The highest BCUT2D eigenvalue weighted by molar-refractivity contribution is 5.80. The molecule has 0 saturated carbocycles. The van der Waals surface area contributed by atoms with Gasteiger partial charge in [0.1, 0.15) is 11.3 Å². The summed E-state index contributed by atoms with van der Waals surface area (Å²) < 4.78 is 18.4. The van der Waals surface area contributed by atoms with E-state index in [0.29, 0.717) is 22.6 Å². The van der Waals surface area contributed by atoms with Crippen LogP contribution >= 0.6 is 0 Å². The molecule has 21 heavy (non-hydrogen) atoms. The van der Waals surface area contributed by atoms with E-state index in [-0.39, 0.29) is 11.4 Å². The van der Waals surface area contributed by atoms with Gasteiger partial charge in [0.2, 0.25) is 5.89 Å². The largest absolute Gasteiger partial charge is 0.479 e. The number of aliphatic carboxylic acids is 1. The third-order valence-corrected chi connectivity index (χ3v) is 3.05. The molecule has 0 fully saturated rings. The van der Waals surface area contributed by atoms with Crippen LogP contribution in [0.2, 0.25) is 0 Å². The average Bonchev–Trinajstić information content (AvgIpc) is 2.89. The van der Waals surface area contributed by atoms with Gasteiger partial charge in [0.05, 0.1) is 0 Å². The van der Waals surface area contributed by atoms with Crippen LogP contribution in [0, 0.1) is 5.82 Å². The highest BCUT2D eigenvalue weighted by Crippen LogP contribution is 2.26. The molecular formula is C15H10FNO4. The van der Waals surface area contributed by atoms with Crippen molar-refractivity contribution < 1.29 is 23.8 Å². The number of hydrogen-bond donors (Lipinski definition) is 2. The fraction of sp³-hybridized carbons (Fsp3) is 0.0667. The predicted molar refractivity (Wildman–Crippen MR) is 72.0 cm³/mol. The van der Waals surface area contributed by atoms with Gasteiger partial charge in [-0.1, -0.05) is 6.07 Å². The first-order chi connectivity index (χ1) is 10.0. The second kappa shape index (κ2) is 4.99. The average molecular weight is 287 g/mol. The summed E-state index contributed by atoms with van der Waals surface area (Å²) in [5.74, 6) is -1.40. The minimum atomic E-state index is -1.61. The van der Waals surface area contributed by atoms with Crippen molar-refractivity contribution in [1.82, 2.24) is 4.98 Å². The number of benzene rings is 2. The van der Waals surface area contributed by atoms with Crippen molar-refractivity contribution in [3.8, 4) is 11.5 Å². The van der Waals surface area contributed by atoms with E-state index in [1.165, 1.54) is 42.5 Å². The fourth-order valence-corrected chi connectivity index (χ4v) is 1.97. The zero-order valence-corrected chi connectivity index (χ0v) is 10.7. The van der Waals surface area contributed by atoms with Gasteiger partial charge in [0.25, 0.3) is 0 Å². The van der Waals surface area contributed by atoms with Gasteiger partial charge in [-0.3, -0.25) is 0 Å². The molecule has 0 spiro atoms. The van der Waals surface area contributed by atoms with E-state index in [2.05, 4.69) is 4.98 Å². The Morgan fingerprint density at radius 1 is 1.19 bits per heavy atom. The van der Waals surface area contributed by atoms with Crippen LogP contribution in [-0.2, 0) is 4.79 Å². The van der Waals surface area contributed by atoms with Crippen molar-refractivity contribution in [2.75, 3.05) is 0 Å². The van der Waals surface area contributed by atoms with Gasteiger partial charge < -0.3 is 14.6 Å². The second-order valence-electron chi connectivity index (χ2n) is 4.49. The van der Waals surface area contributed by atoms with E-state index in [0.717, 1.165) is 0 Å². The van der Waals surface area contributed by atoms with Gasteiger partial charge in [-0.15, -0.1) is 0 Å². The van der Waals surface area contributed by atoms with Crippen molar-refractivity contribution in [2.24, 2.45) is 0 Å². The maximum absolute atomic E-state index is 12.9. The summed E-state index contributed by atoms with van der Waals surface area (Å²) in [6.07, 6.45) is -1.61. The summed E-state index contributed by atoms with van der Waals surface area (Å²) in [7, 11) is 0. The Hall–Kier alpha value is -2.73. The lowest BCUT2D eigenvalue weighted by Crippen LogP contribution is -2.10. The van der Waals surface area contributed by atoms with Crippen LogP contribution in [0.5, 0.6) is 0 Å². The Morgan fingerprint density at radius 3 is 2.57 bits per heavy atom. The number of hydrogen-bond acceptors (Lipinski definition) is 4. The molecule has 0 aliphatic carbocycles. The van der Waals surface area contributed by atoms with Crippen molar-refractivity contribution >= 4 is 17.1 Å². The van der Waals surface area contributed by atoms with Gasteiger partial charge in [0.15, 0.2) is 11.7 Å². The molecule has 1 unspecified atom stereocenters. The highest BCUT2D eigenvalue weighted by atomic mass is 19.1. The summed E-state index contributed by atoms with van der Waals surface area (Å²) in [5.41, 5.74) is 1.70. The minimum absolute atomic E-state index is 0.217. The molecule has 106 valence electrons. The first kappa shape index (κ1) is 13.3. The molecule has 0 amide bonds. The minimum Gasteiger partial charge on any atom is -0.479 e. The Balaban J connectivity index is 2.04. The summed E-state index contributed by atoms with van der Waals surface area (Å²) in [6, 6.07) is 10.1. The Kier molecular flexibility index (Phi) is 3.15. The normalized spacial score (nSPS) is 12.5. The Morgan fingerprint density at radius 2 is 1.90 bits per heavy atom. The zero-order valence-electron chi connectivity index (χ0n) is 10.7. The van der Waals surface area contributed by atoms with Crippen molar-refractivity contribution in [3.63, 3.8) is 0 Å². The van der Waals surface area contributed by atoms with Crippen LogP contribution in [0.15, 0.2) is 46.9 Å². The topological polar surface area (TPSA) is 83.6 Å². The smallest absolute Gasteiger partial charge is 0.337 e. The molecule has 2 aromatic carbocycles. The third-order valence-electron chi connectivity index (χ3n) is 3.05. The van der Waals surface area contributed by atoms with Gasteiger partial charge in [-0.25, -0.2) is 14.2 Å². The molecule has 1 heterocycles. The number of carboxylic acid groups (broad SMARTS) is 1. The lowest BCUT2D eigenvalue weighted by atomic mass is 10.1. The molecule has 1 aromatic heterocycles. The summed E-state index contributed by atoms with van der Waals surface area (Å²) in [5, 5.41) is 18.3. The number of carboxylic acids is 1. The zero-order chi connectivity index (χ0) is 15.0. The van der Waals surface area contributed by atoms with E-state index in [1.54, 1.807) is 0 Å². The molecule has 0 saturated heterocycles. The van der Waals surface area contributed by atoms with Crippen LogP contribution in [0.1, 0.15) is 11.7 Å². The number of aliphatic hydroxyl groups excluding tert-OH is 1. The molecule has 2 N–H and O–H groups in total. The highest BCUT2D eigenvalue weighted by Gasteiger charge is 2.17. The van der Waals surface area contributed by atoms with Gasteiger partial charge in [-0.2, -0.15) is 0 Å². The number of aromatic nitrogens is 1. The van der Waals surface area contributed by atoms with Crippen LogP contribution < -0.4 is 0 Å². The molecule has 0 aliphatic rings.